The van der Waals surface area contributed by atoms with Crippen LogP contribution in [-0.2, 0) is 0 Å². The molecule has 16 heavy (non-hydrogen) atoms. The van der Waals surface area contributed by atoms with Gasteiger partial charge in [0.25, 0.3) is 0 Å². The lowest BCUT2D eigenvalue weighted by Gasteiger charge is -2.06. The van der Waals surface area contributed by atoms with Gasteiger partial charge < -0.3 is 0 Å². The fourth-order valence-electron chi connectivity index (χ4n) is 1.57. The van der Waals surface area contributed by atoms with Crippen molar-refractivity contribution in [2.75, 3.05) is 0 Å². The van der Waals surface area contributed by atoms with E-state index in [1.54, 1.807) is 0 Å². The predicted molar refractivity (Wildman–Crippen MR) is 68.7 cm³/mol. The molecule has 0 unspecified atom stereocenters. The first-order chi connectivity index (χ1) is 7.59. The van der Waals surface area contributed by atoms with E-state index < -0.39 is 0 Å². The van der Waals surface area contributed by atoms with Gasteiger partial charge in [-0.15, -0.1) is 0 Å². The number of aryl methyl sites for hydroxylation is 2. The van der Waals surface area contributed by atoms with Crippen LogP contribution in [0.4, 0.5) is 0 Å². The van der Waals surface area contributed by atoms with Crippen LogP contribution in [0.5, 0.6) is 0 Å². The van der Waals surface area contributed by atoms with E-state index in [0.29, 0.717) is 5.02 Å². The summed E-state index contributed by atoms with van der Waals surface area (Å²) in [6.45, 7) is 3.82. The molecule has 0 amide bonds. The summed E-state index contributed by atoms with van der Waals surface area (Å²) in [5, 5.41) is 4.48. The Morgan fingerprint density at radius 1 is 1.25 bits per heavy atom. The van der Waals surface area contributed by atoms with Gasteiger partial charge in [-0.1, -0.05) is 11.6 Å². The molecule has 3 heteroatoms. The van der Waals surface area contributed by atoms with Crippen molar-refractivity contribution < 1.29 is 4.79 Å². The Morgan fingerprint density at radius 2 is 2.00 bits per heavy atom. The van der Waals surface area contributed by atoms with E-state index in [4.69, 9.17) is 11.6 Å². The standard InChI is InChI=1S/C13H11ClOS/c1-8-6-12(14)9(2)5-11(8)13(15)10-3-4-16-7-10/h3-7H,1-2H3. The number of hydrogen-bond acceptors (Lipinski definition) is 2. The number of hydrogen-bond donors (Lipinski definition) is 0. The highest BCUT2D eigenvalue weighted by Crippen LogP contribution is 2.23. The Labute approximate surface area is 104 Å². The van der Waals surface area contributed by atoms with Crippen molar-refractivity contribution in [1.82, 2.24) is 0 Å². The molecule has 1 nitrogen and oxygen atoms in total. The summed E-state index contributed by atoms with van der Waals surface area (Å²) < 4.78 is 0. The zero-order valence-electron chi connectivity index (χ0n) is 9.08. The maximum atomic E-state index is 12.2. The molecule has 1 aromatic heterocycles. The van der Waals surface area contributed by atoms with Crippen molar-refractivity contribution in [3.8, 4) is 0 Å². The van der Waals surface area contributed by atoms with E-state index >= 15 is 0 Å². The van der Waals surface area contributed by atoms with Crippen molar-refractivity contribution in [2.45, 2.75) is 13.8 Å². The van der Waals surface area contributed by atoms with Crippen LogP contribution in [0.2, 0.25) is 5.02 Å². The van der Waals surface area contributed by atoms with E-state index in [9.17, 15) is 4.79 Å². The first-order valence-electron chi connectivity index (χ1n) is 4.93. The molecule has 0 saturated carbocycles. The predicted octanol–water partition coefficient (Wildman–Crippen LogP) is 4.25. The minimum absolute atomic E-state index is 0.0681. The highest BCUT2D eigenvalue weighted by Gasteiger charge is 2.13. The summed E-state index contributed by atoms with van der Waals surface area (Å²) in [5.41, 5.74) is 3.34. The zero-order valence-corrected chi connectivity index (χ0v) is 10.7. The van der Waals surface area contributed by atoms with Gasteiger partial charge in [-0.25, -0.2) is 0 Å². The number of rotatable bonds is 2. The minimum Gasteiger partial charge on any atom is -0.289 e. The van der Waals surface area contributed by atoms with Gasteiger partial charge in [0, 0.05) is 21.5 Å². The number of benzene rings is 1. The topological polar surface area (TPSA) is 17.1 Å². The van der Waals surface area contributed by atoms with Crippen LogP contribution < -0.4 is 0 Å². The van der Waals surface area contributed by atoms with Crippen LogP contribution in [0.1, 0.15) is 27.0 Å². The van der Waals surface area contributed by atoms with Crippen molar-refractivity contribution >= 4 is 28.7 Å². The Bertz CT molecular complexity index is 529. The first kappa shape index (κ1) is 11.4. The zero-order chi connectivity index (χ0) is 11.7. The van der Waals surface area contributed by atoms with Gasteiger partial charge in [-0.2, -0.15) is 11.3 Å². The molecule has 0 radical (unpaired) electrons. The Morgan fingerprint density at radius 3 is 2.62 bits per heavy atom. The maximum Gasteiger partial charge on any atom is 0.194 e. The van der Waals surface area contributed by atoms with Gasteiger partial charge in [0.15, 0.2) is 5.78 Å². The lowest BCUT2D eigenvalue weighted by Crippen LogP contribution is -2.03. The molecule has 1 heterocycles. The van der Waals surface area contributed by atoms with E-state index in [-0.39, 0.29) is 5.78 Å². The quantitative estimate of drug-likeness (QED) is 0.729. The van der Waals surface area contributed by atoms with Gasteiger partial charge in [0.05, 0.1) is 0 Å². The maximum absolute atomic E-state index is 12.2. The summed E-state index contributed by atoms with van der Waals surface area (Å²) in [6, 6.07) is 5.55. The smallest absolute Gasteiger partial charge is 0.194 e. The molecule has 0 aliphatic rings. The van der Waals surface area contributed by atoms with Crippen molar-refractivity contribution in [3.05, 3.63) is 56.2 Å². The molecule has 0 N–H and O–H groups in total. The van der Waals surface area contributed by atoms with Gasteiger partial charge in [0.2, 0.25) is 0 Å². The number of carbonyl (C=O) groups excluding carboxylic acids is 1. The molecule has 2 rings (SSSR count). The molecule has 82 valence electrons. The Hall–Kier alpha value is -1.12. The second-order valence-electron chi connectivity index (χ2n) is 3.76. The lowest BCUT2D eigenvalue weighted by atomic mass is 9.99. The van der Waals surface area contributed by atoms with Crippen molar-refractivity contribution in [2.24, 2.45) is 0 Å². The summed E-state index contributed by atoms with van der Waals surface area (Å²) in [5.74, 6) is 0.0681. The molecule has 0 fully saturated rings. The normalized spacial score (nSPS) is 10.4. The van der Waals surface area contributed by atoms with Gasteiger partial charge in [-0.3, -0.25) is 4.79 Å². The average molecular weight is 251 g/mol. The lowest BCUT2D eigenvalue weighted by molar-refractivity contribution is 0.103. The van der Waals surface area contributed by atoms with Gasteiger partial charge in [-0.05, 0) is 48.6 Å². The van der Waals surface area contributed by atoms with E-state index in [1.165, 1.54) is 11.3 Å². The van der Waals surface area contributed by atoms with Gasteiger partial charge >= 0.3 is 0 Å². The van der Waals surface area contributed by atoms with Crippen LogP contribution in [0.25, 0.3) is 0 Å². The molecular weight excluding hydrogens is 240 g/mol. The van der Waals surface area contributed by atoms with Crippen LogP contribution in [0, 0.1) is 13.8 Å². The van der Waals surface area contributed by atoms with Crippen LogP contribution in [-0.4, -0.2) is 5.78 Å². The Kier molecular flexibility index (Phi) is 3.13. The molecular formula is C13H11ClOS. The highest BCUT2D eigenvalue weighted by molar-refractivity contribution is 7.08. The summed E-state index contributed by atoms with van der Waals surface area (Å²) in [4.78, 5) is 12.2. The average Bonchev–Trinajstić information content (AvgIpc) is 2.75. The summed E-state index contributed by atoms with van der Waals surface area (Å²) in [6.07, 6.45) is 0. The number of thiophene rings is 1. The fourth-order valence-corrected chi connectivity index (χ4v) is 2.43. The van der Waals surface area contributed by atoms with E-state index in [0.717, 1.165) is 22.3 Å². The molecule has 2 aromatic rings. The van der Waals surface area contributed by atoms with Crippen molar-refractivity contribution in [1.29, 1.82) is 0 Å². The SMILES string of the molecule is Cc1cc(C(=O)c2ccsc2)c(C)cc1Cl. The molecule has 0 aliphatic heterocycles. The summed E-state index contributed by atoms with van der Waals surface area (Å²) in [7, 11) is 0. The van der Waals surface area contributed by atoms with Crippen molar-refractivity contribution in [3.63, 3.8) is 0 Å². The second-order valence-corrected chi connectivity index (χ2v) is 4.94. The minimum atomic E-state index is 0.0681. The third kappa shape index (κ3) is 2.04. The Balaban J connectivity index is 2.49. The summed E-state index contributed by atoms with van der Waals surface area (Å²) >= 11 is 7.54. The largest absolute Gasteiger partial charge is 0.289 e. The number of ketones is 1. The second kappa shape index (κ2) is 4.40. The molecule has 0 spiro atoms. The van der Waals surface area contributed by atoms with E-state index in [2.05, 4.69) is 0 Å². The van der Waals surface area contributed by atoms with Crippen LogP contribution in [0.15, 0.2) is 29.0 Å². The van der Waals surface area contributed by atoms with E-state index in [1.807, 2.05) is 42.8 Å². The number of halogens is 1. The molecule has 0 bridgehead atoms. The fraction of sp³-hybridized carbons (Fsp3) is 0.154. The number of carbonyl (C=O) groups is 1. The highest BCUT2D eigenvalue weighted by atomic mass is 35.5. The molecule has 1 aromatic carbocycles. The third-order valence-electron chi connectivity index (χ3n) is 2.53. The monoisotopic (exact) mass is 250 g/mol. The van der Waals surface area contributed by atoms with Gasteiger partial charge in [0.1, 0.15) is 0 Å². The van der Waals surface area contributed by atoms with Crippen LogP contribution in [0.3, 0.4) is 0 Å². The molecule has 0 saturated heterocycles. The van der Waals surface area contributed by atoms with Crippen LogP contribution >= 0.6 is 22.9 Å². The first-order valence-corrected chi connectivity index (χ1v) is 6.25. The third-order valence-corrected chi connectivity index (χ3v) is 3.62. The molecule has 0 aliphatic carbocycles. The molecule has 0 atom stereocenters.